The monoisotopic (exact) mass is 216 g/mol. The maximum atomic E-state index is 11.2. The lowest BCUT2D eigenvalue weighted by Crippen LogP contribution is -1.92. The van der Waals surface area contributed by atoms with E-state index in [4.69, 9.17) is 0 Å². The first-order chi connectivity index (χ1) is 7.22. The van der Waals surface area contributed by atoms with Gasteiger partial charge in [-0.25, -0.2) is 0 Å². The highest BCUT2D eigenvalue weighted by Crippen LogP contribution is 2.21. The Morgan fingerprint density at radius 1 is 1.27 bits per heavy atom. The smallest absolute Gasteiger partial charge is 0.159 e. The van der Waals surface area contributed by atoms with Crippen LogP contribution in [0.4, 0.5) is 0 Å². The molecule has 0 aromatic heterocycles. The van der Waals surface area contributed by atoms with E-state index in [-0.39, 0.29) is 5.78 Å². The average Bonchev–Trinajstić information content (AvgIpc) is 2.27. The third-order valence-corrected chi connectivity index (χ3v) is 2.89. The Bertz CT molecular complexity index is 517. The van der Waals surface area contributed by atoms with Crippen molar-refractivity contribution in [1.29, 1.82) is 0 Å². The number of carbonyl (C=O) groups is 1. The van der Waals surface area contributed by atoms with Crippen molar-refractivity contribution >= 4 is 29.2 Å². The van der Waals surface area contributed by atoms with Crippen LogP contribution in [0, 0.1) is 0 Å². The molecular formula is C13H12OS. The molecule has 2 aromatic carbocycles. The third-order valence-electron chi connectivity index (χ3n) is 2.55. The van der Waals surface area contributed by atoms with Gasteiger partial charge in [0.05, 0.1) is 0 Å². The fourth-order valence-electron chi connectivity index (χ4n) is 1.71. The summed E-state index contributed by atoms with van der Waals surface area (Å²) in [6.45, 7) is 1.59. The third kappa shape index (κ3) is 1.90. The summed E-state index contributed by atoms with van der Waals surface area (Å²) < 4.78 is 0. The maximum Gasteiger partial charge on any atom is 0.159 e. The van der Waals surface area contributed by atoms with E-state index in [1.54, 1.807) is 6.92 Å². The molecule has 0 saturated carbocycles. The van der Waals surface area contributed by atoms with Gasteiger partial charge in [0.15, 0.2) is 5.78 Å². The summed E-state index contributed by atoms with van der Waals surface area (Å²) in [6, 6.07) is 11.9. The van der Waals surface area contributed by atoms with Crippen LogP contribution < -0.4 is 0 Å². The van der Waals surface area contributed by atoms with Crippen molar-refractivity contribution in [3.63, 3.8) is 0 Å². The molecule has 76 valence electrons. The van der Waals surface area contributed by atoms with E-state index >= 15 is 0 Å². The summed E-state index contributed by atoms with van der Waals surface area (Å²) in [5, 5.41) is 2.28. The number of hydrogen-bond donors (Lipinski definition) is 1. The van der Waals surface area contributed by atoms with Crippen LogP contribution in [0.5, 0.6) is 0 Å². The summed E-state index contributed by atoms with van der Waals surface area (Å²) >= 11 is 4.29. The first-order valence-corrected chi connectivity index (χ1v) is 5.49. The number of ketones is 1. The van der Waals surface area contributed by atoms with Crippen LogP contribution in [0.15, 0.2) is 36.4 Å². The van der Waals surface area contributed by atoms with Gasteiger partial charge < -0.3 is 0 Å². The number of hydrogen-bond acceptors (Lipinski definition) is 2. The van der Waals surface area contributed by atoms with Crippen LogP contribution in [0.2, 0.25) is 0 Å². The number of rotatable bonds is 2. The van der Waals surface area contributed by atoms with Gasteiger partial charge >= 0.3 is 0 Å². The number of benzene rings is 2. The topological polar surface area (TPSA) is 17.1 Å². The van der Waals surface area contributed by atoms with Crippen molar-refractivity contribution in [3.8, 4) is 0 Å². The van der Waals surface area contributed by atoms with Crippen LogP contribution in [-0.2, 0) is 5.75 Å². The van der Waals surface area contributed by atoms with Gasteiger partial charge in [-0.2, -0.15) is 12.6 Å². The van der Waals surface area contributed by atoms with Crippen molar-refractivity contribution < 1.29 is 4.79 Å². The molecule has 0 unspecified atom stereocenters. The van der Waals surface area contributed by atoms with Crippen molar-refractivity contribution in [3.05, 3.63) is 47.5 Å². The summed E-state index contributed by atoms with van der Waals surface area (Å²) in [4.78, 5) is 11.2. The van der Waals surface area contributed by atoms with Crippen LogP contribution in [0.1, 0.15) is 22.8 Å². The van der Waals surface area contributed by atoms with Crippen molar-refractivity contribution in [2.45, 2.75) is 12.7 Å². The predicted octanol–water partition coefficient (Wildman–Crippen LogP) is 3.47. The maximum absolute atomic E-state index is 11.2. The standard InChI is InChI=1S/C13H12OS/c1-9(14)10-5-6-13-11(7-10)3-2-4-12(13)8-15/h2-7,15H,8H2,1H3. The van der Waals surface area contributed by atoms with Gasteiger partial charge in [-0.05, 0) is 29.3 Å². The normalized spacial score (nSPS) is 10.5. The quantitative estimate of drug-likeness (QED) is 0.601. The van der Waals surface area contributed by atoms with E-state index in [9.17, 15) is 4.79 Å². The molecule has 0 fully saturated rings. The molecular weight excluding hydrogens is 204 g/mol. The van der Waals surface area contributed by atoms with Crippen molar-refractivity contribution in [2.24, 2.45) is 0 Å². The SMILES string of the molecule is CC(=O)c1ccc2c(CS)cccc2c1. The lowest BCUT2D eigenvalue weighted by Gasteiger charge is -2.04. The van der Waals surface area contributed by atoms with E-state index in [0.29, 0.717) is 0 Å². The van der Waals surface area contributed by atoms with E-state index in [1.165, 1.54) is 10.9 Å². The first-order valence-electron chi connectivity index (χ1n) is 4.86. The molecule has 0 N–H and O–H groups in total. The number of Topliss-reactive ketones (excluding diaryl/α,β-unsaturated/α-hetero) is 1. The van der Waals surface area contributed by atoms with Crippen LogP contribution in [0.3, 0.4) is 0 Å². The minimum absolute atomic E-state index is 0.105. The highest BCUT2D eigenvalue weighted by molar-refractivity contribution is 7.79. The Balaban J connectivity index is 2.69. The van der Waals surface area contributed by atoms with E-state index in [2.05, 4.69) is 18.7 Å². The molecule has 2 heteroatoms. The summed E-state index contributed by atoms with van der Waals surface area (Å²) in [5.74, 6) is 0.824. The first kappa shape index (κ1) is 10.2. The van der Waals surface area contributed by atoms with Gasteiger partial charge in [-0.15, -0.1) is 0 Å². The Labute approximate surface area is 94.5 Å². The molecule has 2 rings (SSSR count). The van der Waals surface area contributed by atoms with E-state index in [0.717, 1.165) is 16.7 Å². The molecule has 0 aliphatic carbocycles. The van der Waals surface area contributed by atoms with Gasteiger partial charge in [0.1, 0.15) is 0 Å². The zero-order valence-corrected chi connectivity index (χ0v) is 9.42. The largest absolute Gasteiger partial charge is 0.295 e. The number of carbonyl (C=O) groups excluding carboxylic acids is 1. The molecule has 0 heterocycles. The van der Waals surface area contributed by atoms with Crippen LogP contribution in [-0.4, -0.2) is 5.78 Å². The van der Waals surface area contributed by atoms with Gasteiger partial charge in [0.2, 0.25) is 0 Å². The van der Waals surface area contributed by atoms with Gasteiger partial charge in [-0.3, -0.25) is 4.79 Å². The second-order valence-electron chi connectivity index (χ2n) is 3.57. The summed E-state index contributed by atoms with van der Waals surface area (Å²) in [6.07, 6.45) is 0. The fourth-order valence-corrected chi connectivity index (χ4v) is 1.98. The highest BCUT2D eigenvalue weighted by atomic mass is 32.1. The molecule has 0 atom stereocenters. The molecule has 15 heavy (non-hydrogen) atoms. The molecule has 0 saturated heterocycles. The van der Waals surface area contributed by atoms with E-state index < -0.39 is 0 Å². The lowest BCUT2D eigenvalue weighted by molar-refractivity contribution is 0.101. The second kappa shape index (κ2) is 4.07. The molecule has 0 radical (unpaired) electrons. The minimum Gasteiger partial charge on any atom is -0.295 e. The van der Waals surface area contributed by atoms with Crippen LogP contribution in [0.25, 0.3) is 10.8 Å². The molecule has 0 aliphatic heterocycles. The molecule has 0 bridgehead atoms. The second-order valence-corrected chi connectivity index (χ2v) is 3.88. The molecule has 0 amide bonds. The average molecular weight is 216 g/mol. The van der Waals surface area contributed by atoms with Gasteiger partial charge in [0, 0.05) is 11.3 Å². The number of thiol groups is 1. The highest BCUT2D eigenvalue weighted by Gasteiger charge is 2.03. The fraction of sp³-hybridized carbons (Fsp3) is 0.154. The Hall–Kier alpha value is -1.28. The van der Waals surface area contributed by atoms with E-state index in [1.807, 2.05) is 30.3 Å². The molecule has 0 spiro atoms. The zero-order valence-electron chi connectivity index (χ0n) is 8.53. The Kier molecular flexibility index (Phi) is 2.78. The van der Waals surface area contributed by atoms with Crippen molar-refractivity contribution in [2.75, 3.05) is 0 Å². The number of fused-ring (bicyclic) bond motifs is 1. The summed E-state index contributed by atoms with van der Waals surface area (Å²) in [5.41, 5.74) is 1.96. The Morgan fingerprint density at radius 2 is 2.07 bits per heavy atom. The minimum atomic E-state index is 0.105. The molecule has 0 aliphatic rings. The lowest BCUT2D eigenvalue weighted by atomic mass is 10.0. The summed E-state index contributed by atoms with van der Waals surface area (Å²) in [7, 11) is 0. The van der Waals surface area contributed by atoms with Gasteiger partial charge in [-0.1, -0.05) is 30.3 Å². The zero-order chi connectivity index (χ0) is 10.8. The molecule has 2 aromatic rings. The van der Waals surface area contributed by atoms with Gasteiger partial charge in [0.25, 0.3) is 0 Å². The Morgan fingerprint density at radius 3 is 2.73 bits per heavy atom. The predicted molar refractivity (Wildman–Crippen MR) is 66.6 cm³/mol. The van der Waals surface area contributed by atoms with Crippen molar-refractivity contribution in [1.82, 2.24) is 0 Å². The molecule has 1 nitrogen and oxygen atoms in total. The van der Waals surface area contributed by atoms with Crippen LogP contribution >= 0.6 is 12.6 Å².